The van der Waals surface area contributed by atoms with Crippen LogP contribution in [-0.2, 0) is 13.0 Å². The van der Waals surface area contributed by atoms with Gasteiger partial charge in [-0.25, -0.2) is 4.39 Å². The molecule has 2 heterocycles. The summed E-state index contributed by atoms with van der Waals surface area (Å²) in [6.07, 6.45) is 3.04. The lowest BCUT2D eigenvalue weighted by Gasteiger charge is -2.18. The lowest BCUT2D eigenvalue weighted by Crippen LogP contribution is -2.21. The van der Waals surface area contributed by atoms with Crippen LogP contribution in [0.15, 0.2) is 60.8 Å². The van der Waals surface area contributed by atoms with Gasteiger partial charge in [0.25, 0.3) is 0 Å². The molecular weight excluding hydrogens is 287 g/mol. The van der Waals surface area contributed by atoms with Gasteiger partial charge < -0.3 is 9.88 Å². The van der Waals surface area contributed by atoms with E-state index < -0.39 is 0 Å². The van der Waals surface area contributed by atoms with Crippen LogP contribution in [0.3, 0.4) is 0 Å². The highest BCUT2D eigenvalue weighted by atomic mass is 19.1. The molecule has 1 aliphatic heterocycles. The van der Waals surface area contributed by atoms with E-state index in [4.69, 9.17) is 0 Å². The minimum Gasteiger partial charge on any atom is -0.319 e. The van der Waals surface area contributed by atoms with Gasteiger partial charge in [0.1, 0.15) is 5.82 Å². The Morgan fingerprint density at radius 3 is 2.70 bits per heavy atom. The van der Waals surface area contributed by atoms with E-state index in [0.29, 0.717) is 6.54 Å². The molecule has 1 aliphatic rings. The molecule has 0 unspecified atom stereocenters. The number of hydrogen-bond donors (Lipinski definition) is 1. The van der Waals surface area contributed by atoms with Crippen molar-refractivity contribution < 1.29 is 4.39 Å². The molecule has 0 saturated heterocycles. The molecule has 3 aromatic rings. The lowest BCUT2D eigenvalue weighted by molar-refractivity contribution is 0.566. The Bertz CT molecular complexity index is 833. The molecule has 1 aromatic heterocycles. The summed E-state index contributed by atoms with van der Waals surface area (Å²) >= 11 is 0. The number of benzene rings is 2. The number of aromatic nitrogens is 1. The van der Waals surface area contributed by atoms with Crippen molar-refractivity contribution >= 4 is 0 Å². The van der Waals surface area contributed by atoms with Crippen LogP contribution in [0.2, 0.25) is 0 Å². The van der Waals surface area contributed by atoms with Crippen LogP contribution in [0.4, 0.5) is 4.39 Å². The molecular formula is C20H19FN2. The summed E-state index contributed by atoms with van der Waals surface area (Å²) in [6.45, 7) is 2.67. The van der Waals surface area contributed by atoms with Gasteiger partial charge in [-0.05, 0) is 41.8 Å². The first-order valence-corrected chi connectivity index (χ1v) is 8.05. The van der Waals surface area contributed by atoms with Gasteiger partial charge in [-0.3, -0.25) is 0 Å². The van der Waals surface area contributed by atoms with E-state index in [1.807, 2.05) is 18.3 Å². The molecule has 0 spiro atoms. The third kappa shape index (κ3) is 2.37. The first kappa shape index (κ1) is 14.2. The van der Waals surface area contributed by atoms with E-state index in [9.17, 15) is 4.39 Å². The van der Waals surface area contributed by atoms with Crippen LogP contribution >= 0.6 is 0 Å². The standard InChI is InChI=1S/C20H19FN2/c1-2-14-8-10-15(11-9-14)20-19-7-4-12-23(19)18-6-3-5-17(21)16(18)13-22-20/h3-12,20,22H,2,13H2,1H3/t20-/m1/s1. The average Bonchev–Trinajstić information content (AvgIpc) is 3.00. The largest absolute Gasteiger partial charge is 0.319 e. The van der Waals surface area contributed by atoms with Gasteiger partial charge in [-0.1, -0.05) is 37.3 Å². The Balaban J connectivity index is 1.82. The summed E-state index contributed by atoms with van der Waals surface area (Å²) in [7, 11) is 0. The van der Waals surface area contributed by atoms with Crippen molar-refractivity contribution in [1.29, 1.82) is 0 Å². The van der Waals surface area contributed by atoms with Crippen molar-refractivity contribution in [2.24, 2.45) is 0 Å². The third-order valence-corrected chi connectivity index (χ3v) is 4.63. The van der Waals surface area contributed by atoms with Crippen LogP contribution in [0.25, 0.3) is 5.69 Å². The molecule has 0 bridgehead atoms. The van der Waals surface area contributed by atoms with Gasteiger partial charge in [0, 0.05) is 24.0 Å². The van der Waals surface area contributed by atoms with Gasteiger partial charge in [0.05, 0.1) is 11.7 Å². The SMILES string of the molecule is CCc1ccc([C@H]2NCc3c(F)cccc3-n3cccc32)cc1. The number of nitrogens with zero attached hydrogens (tertiary/aromatic N) is 1. The Morgan fingerprint density at radius 2 is 1.91 bits per heavy atom. The maximum absolute atomic E-state index is 14.2. The first-order chi connectivity index (χ1) is 11.3. The maximum atomic E-state index is 14.2. The van der Waals surface area contributed by atoms with Crippen molar-refractivity contribution in [3.05, 3.63) is 89.0 Å². The quantitative estimate of drug-likeness (QED) is 0.744. The van der Waals surface area contributed by atoms with Crippen LogP contribution in [0.5, 0.6) is 0 Å². The van der Waals surface area contributed by atoms with Gasteiger partial charge >= 0.3 is 0 Å². The molecule has 0 amide bonds. The van der Waals surface area contributed by atoms with Crippen LogP contribution in [0.1, 0.15) is 35.3 Å². The highest BCUT2D eigenvalue weighted by Gasteiger charge is 2.24. The third-order valence-electron chi connectivity index (χ3n) is 4.63. The molecule has 2 aromatic carbocycles. The maximum Gasteiger partial charge on any atom is 0.129 e. The second-order valence-corrected chi connectivity index (χ2v) is 5.95. The summed E-state index contributed by atoms with van der Waals surface area (Å²) in [5, 5.41) is 3.51. The Morgan fingerprint density at radius 1 is 1.09 bits per heavy atom. The molecule has 23 heavy (non-hydrogen) atoms. The second-order valence-electron chi connectivity index (χ2n) is 5.95. The van der Waals surface area contributed by atoms with E-state index in [1.54, 1.807) is 6.07 Å². The normalized spacial score (nSPS) is 16.5. The smallest absolute Gasteiger partial charge is 0.129 e. The average molecular weight is 306 g/mol. The number of halogens is 1. The molecule has 3 heteroatoms. The van der Waals surface area contributed by atoms with Crippen LogP contribution in [0, 0.1) is 5.82 Å². The van der Waals surface area contributed by atoms with E-state index in [1.165, 1.54) is 17.2 Å². The zero-order chi connectivity index (χ0) is 15.8. The molecule has 0 aliphatic carbocycles. The zero-order valence-corrected chi connectivity index (χ0v) is 13.1. The highest BCUT2D eigenvalue weighted by molar-refractivity contribution is 5.47. The highest BCUT2D eigenvalue weighted by Crippen LogP contribution is 2.31. The predicted octanol–water partition coefficient (Wildman–Crippen LogP) is 4.37. The van der Waals surface area contributed by atoms with Crippen molar-refractivity contribution in [2.45, 2.75) is 25.9 Å². The number of aryl methyl sites for hydroxylation is 1. The Labute approximate surface area is 135 Å². The molecule has 0 fully saturated rings. The summed E-state index contributed by atoms with van der Waals surface area (Å²) in [6, 6.07) is 18.1. The summed E-state index contributed by atoms with van der Waals surface area (Å²) in [4.78, 5) is 0. The van der Waals surface area contributed by atoms with Crippen LogP contribution in [-0.4, -0.2) is 4.57 Å². The minimum absolute atomic E-state index is 0.0581. The van der Waals surface area contributed by atoms with E-state index in [0.717, 1.165) is 23.4 Å². The first-order valence-electron chi connectivity index (χ1n) is 8.05. The molecule has 4 rings (SSSR count). The molecule has 1 N–H and O–H groups in total. The summed E-state index contributed by atoms with van der Waals surface area (Å²) < 4.78 is 16.3. The van der Waals surface area contributed by atoms with E-state index >= 15 is 0 Å². The zero-order valence-electron chi connectivity index (χ0n) is 13.1. The van der Waals surface area contributed by atoms with Crippen molar-refractivity contribution in [3.63, 3.8) is 0 Å². The molecule has 2 nitrogen and oxygen atoms in total. The van der Waals surface area contributed by atoms with Gasteiger partial charge in [0.15, 0.2) is 0 Å². The van der Waals surface area contributed by atoms with E-state index in [-0.39, 0.29) is 11.9 Å². The number of fused-ring (bicyclic) bond motifs is 3. The Kier molecular flexibility index (Phi) is 3.50. The Hall–Kier alpha value is -2.39. The molecule has 0 saturated carbocycles. The fraction of sp³-hybridized carbons (Fsp3) is 0.200. The fourth-order valence-corrected chi connectivity index (χ4v) is 3.34. The molecule has 0 radical (unpaired) electrons. The van der Waals surface area contributed by atoms with Crippen molar-refractivity contribution in [3.8, 4) is 5.69 Å². The van der Waals surface area contributed by atoms with Gasteiger partial charge in [-0.2, -0.15) is 0 Å². The topological polar surface area (TPSA) is 17.0 Å². The minimum atomic E-state index is -0.156. The predicted molar refractivity (Wildman–Crippen MR) is 90.2 cm³/mol. The number of hydrogen-bond acceptors (Lipinski definition) is 1. The van der Waals surface area contributed by atoms with Crippen LogP contribution < -0.4 is 5.32 Å². The summed E-state index contributed by atoms with van der Waals surface area (Å²) in [5.74, 6) is -0.156. The van der Waals surface area contributed by atoms with Gasteiger partial charge in [-0.15, -0.1) is 0 Å². The fourth-order valence-electron chi connectivity index (χ4n) is 3.34. The van der Waals surface area contributed by atoms with E-state index in [2.05, 4.69) is 47.1 Å². The second kappa shape index (κ2) is 5.67. The molecule has 1 atom stereocenters. The van der Waals surface area contributed by atoms with Crippen molar-refractivity contribution in [2.75, 3.05) is 0 Å². The number of nitrogens with one attached hydrogen (secondary N) is 1. The lowest BCUT2D eigenvalue weighted by atomic mass is 10.0. The number of rotatable bonds is 2. The monoisotopic (exact) mass is 306 g/mol. The summed E-state index contributed by atoms with van der Waals surface area (Å²) in [5.41, 5.74) is 5.31. The van der Waals surface area contributed by atoms with Gasteiger partial charge in [0.2, 0.25) is 0 Å². The van der Waals surface area contributed by atoms with Crippen molar-refractivity contribution in [1.82, 2.24) is 9.88 Å². The molecule has 116 valence electrons.